The highest BCUT2D eigenvalue weighted by Crippen LogP contribution is 2.52. The minimum Gasteiger partial charge on any atom is -0.381 e. The molecule has 1 aliphatic rings. The third kappa shape index (κ3) is 1.95. The predicted octanol–water partition coefficient (Wildman–Crippen LogP) is 3.80. The van der Waals surface area contributed by atoms with Crippen LogP contribution in [0.25, 0.3) is 11.0 Å². The number of methoxy groups -OCH3 is 1. The van der Waals surface area contributed by atoms with Crippen LogP contribution in [-0.4, -0.2) is 28.6 Å². The molecule has 0 amide bonds. The number of aryl methyl sites for hydroxylation is 1. The molecule has 1 aromatic carbocycles. The molecule has 2 aromatic rings. The van der Waals surface area contributed by atoms with Crippen LogP contribution in [0.1, 0.15) is 32.1 Å². The summed E-state index contributed by atoms with van der Waals surface area (Å²) in [6.45, 7) is 4.54. The third-order valence-electron chi connectivity index (χ3n) is 4.71. The van der Waals surface area contributed by atoms with Gasteiger partial charge >= 0.3 is 0 Å². The molecule has 1 fully saturated rings. The van der Waals surface area contributed by atoms with E-state index in [0.29, 0.717) is 18.0 Å². The number of para-hydroxylation sites is 2. The monoisotopic (exact) mass is 292 g/mol. The van der Waals surface area contributed by atoms with Crippen LogP contribution in [-0.2, 0) is 11.2 Å². The quantitative estimate of drug-likeness (QED) is 0.802. The van der Waals surface area contributed by atoms with E-state index in [4.69, 9.17) is 21.3 Å². The van der Waals surface area contributed by atoms with Crippen molar-refractivity contribution < 1.29 is 4.74 Å². The number of halogens is 1. The molecule has 108 valence electrons. The number of rotatable bonds is 4. The van der Waals surface area contributed by atoms with E-state index >= 15 is 0 Å². The van der Waals surface area contributed by atoms with Gasteiger partial charge in [-0.15, -0.1) is 11.6 Å². The zero-order valence-electron chi connectivity index (χ0n) is 12.3. The molecule has 0 radical (unpaired) electrons. The summed E-state index contributed by atoms with van der Waals surface area (Å²) in [4.78, 5) is 4.76. The van der Waals surface area contributed by atoms with Crippen molar-refractivity contribution >= 4 is 22.6 Å². The Morgan fingerprint density at radius 3 is 2.80 bits per heavy atom. The number of hydrogen-bond donors (Lipinski definition) is 0. The molecule has 2 unspecified atom stereocenters. The van der Waals surface area contributed by atoms with Gasteiger partial charge in [0, 0.05) is 30.9 Å². The minimum atomic E-state index is 0.124. The number of nitrogens with zero attached hydrogens (tertiary/aromatic N) is 2. The first-order valence-corrected chi connectivity index (χ1v) is 7.67. The number of alkyl halides is 1. The van der Waals surface area contributed by atoms with Gasteiger partial charge in [-0.3, -0.25) is 0 Å². The summed E-state index contributed by atoms with van der Waals surface area (Å²) in [7, 11) is 1.80. The summed E-state index contributed by atoms with van der Waals surface area (Å²) in [5.74, 6) is 1.69. The Morgan fingerprint density at radius 2 is 2.15 bits per heavy atom. The van der Waals surface area contributed by atoms with Crippen molar-refractivity contribution in [3.63, 3.8) is 0 Å². The van der Waals surface area contributed by atoms with E-state index in [-0.39, 0.29) is 5.41 Å². The summed E-state index contributed by atoms with van der Waals surface area (Å²) in [5, 5.41) is 0. The lowest BCUT2D eigenvalue weighted by Gasteiger charge is -2.52. The number of ether oxygens (including phenoxy) is 1. The highest BCUT2D eigenvalue weighted by molar-refractivity contribution is 6.17. The van der Waals surface area contributed by atoms with Crippen LogP contribution in [0.5, 0.6) is 0 Å². The van der Waals surface area contributed by atoms with E-state index in [0.717, 1.165) is 24.2 Å². The fourth-order valence-electron chi connectivity index (χ4n) is 3.41. The minimum absolute atomic E-state index is 0.124. The maximum Gasteiger partial charge on any atom is 0.111 e. The Morgan fingerprint density at radius 1 is 1.40 bits per heavy atom. The standard InChI is InChI=1S/C16H21ClN2O/c1-16(2)13(10-14(16)20-3)19-12-7-5-4-6-11(12)18-15(19)8-9-17/h4-7,13-14H,8-10H2,1-3H3. The Labute approximate surface area is 124 Å². The highest BCUT2D eigenvalue weighted by atomic mass is 35.5. The number of imidazole rings is 1. The maximum atomic E-state index is 5.95. The molecule has 3 rings (SSSR count). The average Bonchev–Trinajstić information content (AvgIpc) is 2.77. The molecule has 1 heterocycles. The normalized spacial score (nSPS) is 24.8. The summed E-state index contributed by atoms with van der Waals surface area (Å²) in [5.41, 5.74) is 2.39. The maximum absolute atomic E-state index is 5.95. The van der Waals surface area contributed by atoms with Gasteiger partial charge in [-0.2, -0.15) is 0 Å². The van der Waals surface area contributed by atoms with E-state index in [1.165, 1.54) is 5.52 Å². The molecule has 0 saturated heterocycles. The van der Waals surface area contributed by atoms with Gasteiger partial charge in [-0.1, -0.05) is 26.0 Å². The number of fused-ring (bicyclic) bond motifs is 1. The second-order valence-corrected chi connectivity index (χ2v) is 6.50. The van der Waals surface area contributed by atoms with Crippen molar-refractivity contribution in [2.45, 2.75) is 38.8 Å². The summed E-state index contributed by atoms with van der Waals surface area (Å²) >= 11 is 5.95. The molecule has 1 aliphatic carbocycles. The van der Waals surface area contributed by atoms with Gasteiger partial charge in [0.15, 0.2) is 0 Å². The van der Waals surface area contributed by atoms with Crippen LogP contribution in [0.4, 0.5) is 0 Å². The van der Waals surface area contributed by atoms with Gasteiger partial charge in [0.2, 0.25) is 0 Å². The zero-order valence-corrected chi connectivity index (χ0v) is 13.0. The fourth-order valence-corrected chi connectivity index (χ4v) is 3.57. The van der Waals surface area contributed by atoms with Crippen molar-refractivity contribution in [2.75, 3.05) is 13.0 Å². The molecular formula is C16H21ClN2O. The zero-order chi connectivity index (χ0) is 14.3. The van der Waals surface area contributed by atoms with Gasteiger partial charge in [0.1, 0.15) is 5.82 Å². The topological polar surface area (TPSA) is 27.1 Å². The molecule has 0 bridgehead atoms. The van der Waals surface area contributed by atoms with Crippen LogP contribution >= 0.6 is 11.6 Å². The molecule has 0 aliphatic heterocycles. The van der Waals surface area contributed by atoms with Crippen molar-refractivity contribution in [3.05, 3.63) is 30.1 Å². The molecular weight excluding hydrogens is 272 g/mol. The van der Waals surface area contributed by atoms with Gasteiger partial charge in [-0.05, 0) is 18.6 Å². The smallest absolute Gasteiger partial charge is 0.111 e. The van der Waals surface area contributed by atoms with Crippen LogP contribution in [0, 0.1) is 5.41 Å². The Balaban J connectivity index is 2.08. The largest absolute Gasteiger partial charge is 0.381 e. The van der Waals surface area contributed by atoms with Crippen molar-refractivity contribution in [1.29, 1.82) is 0 Å². The van der Waals surface area contributed by atoms with Crippen LogP contribution in [0.3, 0.4) is 0 Å². The average molecular weight is 293 g/mol. The second kappa shape index (κ2) is 5.05. The van der Waals surface area contributed by atoms with E-state index < -0.39 is 0 Å². The molecule has 0 N–H and O–H groups in total. The van der Waals surface area contributed by atoms with Crippen molar-refractivity contribution in [1.82, 2.24) is 9.55 Å². The number of hydrogen-bond acceptors (Lipinski definition) is 2. The number of benzene rings is 1. The SMILES string of the molecule is COC1CC(n2c(CCCl)nc3ccccc32)C1(C)C. The van der Waals surface area contributed by atoms with Crippen LogP contribution in [0.15, 0.2) is 24.3 Å². The third-order valence-corrected chi connectivity index (χ3v) is 4.90. The second-order valence-electron chi connectivity index (χ2n) is 6.12. The summed E-state index contributed by atoms with van der Waals surface area (Å²) in [6, 6.07) is 8.76. The van der Waals surface area contributed by atoms with Gasteiger partial charge in [0.05, 0.1) is 17.1 Å². The van der Waals surface area contributed by atoms with Crippen LogP contribution in [0.2, 0.25) is 0 Å². The molecule has 3 nitrogen and oxygen atoms in total. The van der Waals surface area contributed by atoms with Crippen molar-refractivity contribution in [2.24, 2.45) is 5.41 Å². The lowest BCUT2D eigenvalue weighted by atomic mass is 9.64. The van der Waals surface area contributed by atoms with E-state index in [1.807, 2.05) is 6.07 Å². The highest BCUT2D eigenvalue weighted by Gasteiger charge is 2.50. The Bertz CT molecular complexity index is 620. The number of aromatic nitrogens is 2. The predicted molar refractivity (Wildman–Crippen MR) is 82.4 cm³/mol. The Kier molecular flexibility index (Phi) is 3.51. The van der Waals surface area contributed by atoms with Crippen molar-refractivity contribution in [3.8, 4) is 0 Å². The van der Waals surface area contributed by atoms with Gasteiger partial charge in [-0.25, -0.2) is 4.98 Å². The molecule has 1 saturated carbocycles. The lowest BCUT2D eigenvalue weighted by Crippen LogP contribution is -2.51. The molecule has 2 atom stereocenters. The molecule has 0 spiro atoms. The van der Waals surface area contributed by atoms with Gasteiger partial charge in [0.25, 0.3) is 0 Å². The van der Waals surface area contributed by atoms with E-state index in [1.54, 1.807) is 7.11 Å². The first-order valence-electron chi connectivity index (χ1n) is 7.14. The molecule has 20 heavy (non-hydrogen) atoms. The van der Waals surface area contributed by atoms with E-state index in [2.05, 4.69) is 36.6 Å². The summed E-state index contributed by atoms with van der Waals surface area (Å²) < 4.78 is 7.96. The molecule has 1 aromatic heterocycles. The molecule has 4 heteroatoms. The van der Waals surface area contributed by atoms with E-state index in [9.17, 15) is 0 Å². The first kappa shape index (κ1) is 13.9. The summed E-state index contributed by atoms with van der Waals surface area (Å²) in [6.07, 6.45) is 2.16. The van der Waals surface area contributed by atoms with Gasteiger partial charge < -0.3 is 9.30 Å². The lowest BCUT2D eigenvalue weighted by molar-refractivity contribution is -0.112. The fraction of sp³-hybridized carbons (Fsp3) is 0.562. The first-order chi connectivity index (χ1) is 9.59. The van der Waals surface area contributed by atoms with Crippen LogP contribution < -0.4 is 0 Å². The Hall–Kier alpha value is -1.06.